The molecule has 2 N–H and O–H groups in total. The molecule has 1 aliphatic heterocycles. The monoisotopic (exact) mass is 401 g/mol. The number of amides is 1. The lowest BCUT2D eigenvalue weighted by Crippen LogP contribution is -2.43. The second-order valence-electron chi connectivity index (χ2n) is 6.32. The van der Waals surface area contributed by atoms with Crippen LogP contribution in [0.5, 0.6) is 0 Å². The Labute approximate surface area is 162 Å². The number of hydrogen-bond donors (Lipinski definition) is 1. The van der Waals surface area contributed by atoms with Crippen LogP contribution in [0.2, 0.25) is 0 Å². The van der Waals surface area contributed by atoms with Crippen molar-refractivity contribution in [1.82, 2.24) is 4.31 Å². The van der Waals surface area contributed by atoms with E-state index in [0.717, 1.165) is 5.56 Å². The van der Waals surface area contributed by atoms with Crippen molar-refractivity contribution in [1.29, 1.82) is 0 Å². The summed E-state index contributed by atoms with van der Waals surface area (Å²) in [6, 6.07) is 13.4. The molecule has 1 heterocycles. The van der Waals surface area contributed by atoms with Crippen molar-refractivity contribution in [2.75, 3.05) is 0 Å². The maximum atomic E-state index is 12.9. The predicted molar refractivity (Wildman–Crippen MR) is 101 cm³/mol. The molecule has 1 amide bonds. The first-order chi connectivity index (χ1) is 13.3. The molecule has 0 bridgehead atoms. The SMILES string of the molecule is Cc1ccc(S(=O)(=O)N2C(=O)CC[C@H]2C(=O)O/N=C(/N)c2ccccc2)cc1. The first-order valence-electron chi connectivity index (χ1n) is 8.54. The smallest absolute Gasteiger partial charge is 0.358 e. The van der Waals surface area contributed by atoms with Gasteiger partial charge in [-0.25, -0.2) is 17.5 Å². The van der Waals surface area contributed by atoms with Gasteiger partial charge in [-0.05, 0) is 25.5 Å². The van der Waals surface area contributed by atoms with E-state index in [1.54, 1.807) is 42.5 Å². The van der Waals surface area contributed by atoms with Gasteiger partial charge >= 0.3 is 5.97 Å². The lowest BCUT2D eigenvalue weighted by atomic mass is 10.2. The molecule has 8 nitrogen and oxygen atoms in total. The van der Waals surface area contributed by atoms with E-state index in [1.165, 1.54) is 12.1 Å². The van der Waals surface area contributed by atoms with E-state index in [-0.39, 0.29) is 23.6 Å². The summed E-state index contributed by atoms with van der Waals surface area (Å²) in [5, 5.41) is 3.58. The Bertz CT molecular complexity index is 1020. The highest BCUT2D eigenvalue weighted by atomic mass is 32.2. The molecule has 0 aromatic heterocycles. The molecule has 1 atom stereocenters. The number of nitrogens with zero attached hydrogens (tertiary/aromatic N) is 2. The first-order valence-corrected chi connectivity index (χ1v) is 9.98. The molecule has 146 valence electrons. The van der Waals surface area contributed by atoms with Gasteiger partial charge in [0.05, 0.1) is 4.90 Å². The number of carbonyl (C=O) groups excluding carboxylic acids is 2. The van der Waals surface area contributed by atoms with Gasteiger partial charge in [0.1, 0.15) is 6.04 Å². The summed E-state index contributed by atoms with van der Waals surface area (Å²) < 4.78 is 26.3. The van der Waals surface area contributed by atoms with Crippen LogP contribution in [0.15, 0.2) is 64.6 Å². The maximum absolute atomic E-state index is 12.9. The third kappa shape index (κ3) is 3.89. The van der Waals surface area contributed by atoms with E-state index >= 15 is 0 Å². The number of aryl methyl sites for hydroxylation is 1. The molecule has 1 saturated heterocycles. The number of amidine groups is 1. The standard InChI is InChI=1S/C19H19N3O5S/c1-13-7-9-15(10-8-13)28(25,26)22-16(11-12-17(22)23)19(24)27-21-18(20)14-5-3-2-4-6-14/h2-10,16H,11-12H2,1H3,(H2,20,21)/t16-/m0/s1. The molecule has 0 spiro atoms. The Balaban J connectivity index is 1.82. The third-order valence-electron chi connectivity index (χ3n) is 4.31. The Morgan fingerprint density at radius 2 is 1.79 bits per heavy atom. The summed E-state index contributed by atoms with van der Waals surface area (Å²) in [6.07, 6.45) is -0.0632. The Morgan fingerprint density at radius 1 is 1.14 bits per heavy atom. The first kappa shape index (κ1) is 19.6. The number of rotatable bonds is 5. The fourth-order valence-electron chi connectivity index (χ4n) is 2.82. The highest BCUT2D eigenvalue weighted by Gasteiger charge is 2.45. The number of benzene rings is 2. The number of nitrogens with two attached hydrogens (primary N) is 1. The van der Waals surface area contributed by atoms with Crippen LogP contribution in [0.1, 0.15) is 24.0 Å². The number of sulfonamides is 1. The van der Waals surface area contributed by atoms with Crippen LogP contribution < -0.4 is 5.73 Å². The van der Waals surface area contributed by atoms with Crippen molar-refractivity contribution in [2.45, 2.75) is 30.7 Å². The second-order valence-corrected chi connectivity index (χ2v) is 8.13. The highest BCUT2D eigenvalue weighted by molar-refractivity contribution is 7.89. The zero-order chi connectivity index (χ0) is 20.3. The molecule has 3 rings (SSSR count). The predicted octanol–water partition coefficient (Wildman–Crippen LogP) is 1.54. The summed E-state index contributed by atoms with van der Waals surface area (Å²) in [5.41, 5.74) is 7.18. The minimum atomic E-state index is -4.19. The van der Waals surface area contributed by atoms with Gasteiger partial charge in [0, 0.05) is 12.0 Å². The minimum Gasteiger partial charge on any atom is -0.380 e. The van der Waals surface area contributed by atoms with Crippen LogP contribution in [0.3, 0.4) is 0 Å². The molecule has 0 radical (unpaired) electrons. The summed E-state index contributed by atoms with van der Waals surface area (Å²) in [7, 11) is -4.19. The second kappa shape index (κ2) is 7.81. The van der Waals surface area contributed by atoms with Gasteiger partial charge in [0.15, 0.2) is 5.84 Å². The molecular weight excluding hydrogens is 382 g/mol. The largest absolute Gasteiger partial charge is 0.380 e. The molecule has 9 heteroatoms. The summed E-state index contributed by atoms with van der Waals surface area (Å²) in [4.78, 5) is 29.4. The van der Waals surface area contributed by atoms with Gasteiger partial charge in [-0.15, -0.1) is 0 Å². The van der Waals surface area contributed by atoms with Crippen molar-refractivity contribution in [3.8, 4) is 0 Å². The van der Waals surface area contributed by atoms with E-state index in [9.17, 15) is 18.0 Å². The zero-order valence-corrected chi connectivity index (χ0v) is 15.9. The van der Waals surface area contributed by atoms with Gasteiger partial charge in [-0.3, -0.25) is 4.79 Å². The van der Waals surface area contributed by atoms with E-state index in [4.69, 9.17) is 10.6 Å². The average Bonchev–Trinajstić information content (AvgIpc) is 3.09. The molecule has 2 aromatic rings. The van der Waals surface area contributed by atoms with Crippen molar-refractivity contribution in [3.63, 3.8) is 0 Å². The van der Waals surface area contributed by atoms with Gasteiger partial charge in [-0.1, -0.05) is 53.2 Å². The Morgan fingerprint density at radius 3 is 2.43 bits per heavy atom. The summed E-state index contributed by atoms with van der Waals surface area (Å²) in [5.74, 6) is -1.66. The normalized spacial score (nSPS) is 17.6. The fraction of sp³-hybridized carbons (Fsp3) is 0.211. The quantitative estimate of drug-likeness (QED) is 0.351. The van der Waals surface area contributed by atoms with E-state index < -0.39 is 27.9 Å². The topological polar surface area (TPSA) is 119 Å². The van der Waals surface area contributed by atoms with Gasteiger partial charge in [-0.2, -0.15) is 0 Å². The van der Waals surface area contributed by atoms with Gasteiger partial charge in [0.25, 0.3) is 10.0 Å². The van der Waals surface area contributed by atoms with Crippen LogP contribution in [-0.2, 0) is 24.4 Å². The Hall–Kier alpha value is -3.20. The van der Waals surface area contributed by atoms with Crippen LogP contribution in [0.25, 0.3) is 0 Å². The average molecular weight is 401 g/mol. The fourth-order valence-corrected chi connectivity index (χ4v) is 4.41. The van der Waals surface area contributed by atoms with Crippen molar-refractivity contribution in [2.24, 2.45) is 10.9 Å². The van der Waals surface area contributed by atoms with Crippen LogP contribution >= 0.6 is 0 Å². The molecule has 0 unspecified atom stereocenters. The molecular formula is C19H19N3O5S. The van der Waals surface area contributed by atoms with Crippen molar-refractivity contribution < 1.29 is 22.8 Å². The third-order valence-corrected chi connectivity index (χ3v) is 6.16. The van der Waals surface area contributed by atoms with Gasteiger partial charge in [0.2, 0.25) is 5.91 Å². The maximum Gasteiger partial charge on any atom is 0.358 e. The minimum absolute atomic E-state index is 0.0174. The lowest BCUT2D eigenvalue weighted by Gasteiger charge is -2.22. The van der Waals surface area contributed by atoms with Crippen LogP contribution in [-0.4, -0.2) is 36.5 Å². The zero-order valence-electron chi connectivity index (χ0n) is 15.1. The lowest BCUT2D eigenvalue weighted by molar-refractivity contribution is -0.149. The highest BCUT2D eigenvalue weighted by Crippen LogP contribution is 2.28. The molecule has 1 fully saturated rings. The van der Waals surface area contributed by atoms with Crippen molar-refractivity contribution >= 4 is 27.7 Å². The molecule has 2 aromatic carbocycles. The van der Waals surface area contributed by atoms with Crippen molar-refractivity contribution in [3.05, 3.63) is 65.7 Å². The molecule has 0 aliphatic carbocycles. The number of hydrogen-bond acceptors (Lipinski definition) is 6. The molecule has 1 aliphatic rings. The van der Waals surface area contributed by atoms with Crippen LogP contribution in [0, 0.1) is 6.92 Å². The van der Waals surface area contributed by atoms with Gasteiger partial charge < -0.3 is 10.6 Å². The summed E-state index contributed by atoms with van der Waals surface area (Å²) >= 11 is 0. The van der Waals surface area contributed by atoms with E-state index in [1.807, 2.05) is 6.92 Å². The molecule has 28 heavy (non-hydrogen) atoms. The Kier molecular flexibility index (Phi) is 5.46. The van der Waals surface area contributed by atoms with E-state index in [0.29, 0.717) is 9.87 Å². The van der Waals surface area contributed by atoms with E-state index in [2.05, 4.69) is 5.16 Å². The number of oxime groups is 1. The van der Waals surface area contributed by atoms with Crippen LogP contribution in [0.4, 0.5) is 0 Å². The summed E-state index contributed by atoms with van der Waals surface area (Å²) in [6.45, 7) is 1.81. The number of carbonyl (C=O) groups is 2. The molecule has 0 saturated carbocycles.